The van der Waals surface area contributed by atoms with Gasteiger partial charge in [-0.3, -0.25) is 13.9 Å². The first-order valence-electron chi connectivity index (χ1n) is 13.7. The maximum absolute atomic E-state index is 14.1. The highest BCUT2D eigenvalue weighted by Gasteiger charge is 2.37. The Hall–Kier alpha value is -3.77. The Kier molecular flexibility index (Phi) is 11.0. The van der Waals surface area contributed by atoms with E-state index in [1.165, 1.54) is 36.3 Å². The highest BCUT2D eigenvalue weighted by Crippen LogP contribution is 2.38. The quantitative estimate of drug-likeness (QED) is 0.263. The lowest BCUT2D eigenvalue weighted by Crippen LogP contribution is -2.55. The summed E-state index contributed by atoms with van der Waals surface area (Å²) in [6.07, 6.45) is -4.72. The maximum atomic E-state index is 14.1. The van der Waals surface area contributed by atoms with E-state index >= 15 is 0 Å². The molecule has 0 saturated heterocycles. The van der Waals surface area contributed by atoms with E-state index < -0.39 is 62.4 Å². The number of hydrogen-bond donors (Lipinski definition) is 1. The van der Waals surface area contributed by atoms with Gasteiger partial charge in [0.2, 0.25) is 11.8 Å². The van der Waals surface area contributed by atoms with Crippen LogP contribution in [0, 0.1) is 0 Å². The van der Waals surface area contributed by atoms with Crippen molar-refractivity contribution in [1.82, 2.24) is 10.2 Å². The highest BCUT2D eigenvalue weighted by molar-refractivity contribution is 7.92. The Morgan fingerprint density at radius 2 is 1.64 bits per heavy atom. The van der Waals surface area contributed by atoms with Crippen molar-refractivity contribution >= 4 is 39.1 Å². The van der Waals surface area contributed by atoms with Crippen molar-refractivity contribution in [3.05, 3.63) is 88.9 Å². The fourth-order valence-corrected chi connectivity index (χ4v) is 6.13. The third-order valence-electron chi connectivity index (χ3n) is 6.52. The zero-order chi connectivity index (χ0) is 32.9. The van der Waals surface area contributed by atoms with E-state index in [0.29, 0.717) is 21.7 Å². The standard InChI is InChI=1S/C31H35ClF3N3O5S/c1-6-27(29(40)36-30(2,3)4)37(19-21-11-10-12-23(17-21)43-5)28(39)20-38(44(41,42)24-13-8-7-9-14-24)22-15-16-26(32)25(18-22)31(33,34)35/h7-18,27H,6,19-20H2,1-5H3,(H,36,40). The molecule has 1 unspecified atom stereocenters. The largest absolute Gasteiger partial charge is 0.497 e. The SMILES string of the molecule is CCC(C(=O)NC(C)(C)C)N(Cc1cccc(OC)c1)C(=O)CN(c1ccc(Cl)c(C(F)(F)F)c1)S(=O)(=O)c1ccccc1. The molecule has 0 aliphatic rings. The topological polar surface area (TPSA) is 96.0 Å². The van der Waals surface area contributed by atoms with Gasteiger partial charge in [0.1, 0.15) is 18.3 Å². The predicted octanol–water partition coefficient (Wildman–Crippen LogP) is 6.28. The number of benzene rings is 3. The van der Waals surface area contributed by atoms with Crippen LogP contribution in [0.2, 0.25) is 5.02 Å². The van der Waals surface area contributed by atoms with Crippen molar-refractivity contribution in [2.45, 2.75) is 63.3 Å². The number of carbonyl (C=O) groups excluding carboxylic acids is 2. The van der Waals surface area contributed by atoms with Crippen LogP contribution in [0.15, 0.2) is 77.7 Å². The van der Waals surface area contributed by atoms with E-state index in [1.807, 2.05) is 0 Å². The molecule has 44 heavy (non-hydrogen) atoms. The second kappa shape index (κ2) is 13.9. The normalized spacial score (nSPS) is 12.8. The molecule has 13 heteroatoms. The first-order chi connectivity index (χ1) is 20.5. The first-order valence-corrected chi connectivity index (χ1v) is 15.5. The Balaban J connectivity index is 2.16. The van der Waals surface area contributed by atoms with Crippen LogP contribution < -0.4 is 14.4 Å². The summed E-state index contributed by atoms with van der Waals surface area (Å²) in [5.41, 5.74) is -1.74. The molecule has 1 N–H and O–H groups in total. The van der Waals surface area contributed by atoms with Gasteiger partial charge in [-0.1, -0.05) is 48.9 Å². The molecule has 3 aromatic carbocycles. The highest BCUT2D eigenvalue weighted by atomic mass is 35.5. The summed E-state index contributed by atoms with van der Waals surface area (Å²) in [4.78, 5) is 28.5. The molecule has 0 heterocycles. The van der Waals surface area contributed by atoms with Crippen LogP contribution in [-0.4, -0.2) is 50.4 Å². The minimum atomic E-state index is -4.89. The molecule has 0 radical (unpaired) electrons. The fraction of sp³-hybridized carbons (Fsp3) is 0.355. The number of nitrogens with one attached hydrogen (secondary N) is 1. The molecule has 0 aliphatic carbocycles. The van der Waals surface area contributed by atoms with Crippen molar-refractivity contribution in [3.8, 4) is 5.75 Å². The van der Waals surface area contributed by atoms with E-state index in [0.717, 1.165) is 12.1 Å². The number of hydrogen-bond acceptors (Lipinski definition) is 5. The average Bonchev–Trinajstić information content (AvgIpc) is 2.95. The third kappa shape index (κ3) is 8.66. The minimum Gasteiger partial charge on any atom is -0.497 e. The number of ether oxygens (including phenoxy) is 1. The Morgan fingerprint density at radius 3 is 2.20 bits per heavy atom. The number of amides is 2. The number of anilines is 1. The number of alkyl halides is 3. The number of carbonyl (C=O) groups is 2. The molecule has 2 amide bonds. The lowest BCUT2D eigenvalue weighted by Gasteiger charge is -2.35. The van der Waals surface area contributed by atoms with Crippen molar-refractivity contribution < 1.29 is 35.9 Å². The average molecular weight is 654 g/mol. The summed E-state index contributed by atoms with van der Waals surface area (Å²) in [5.74, 6) is -0.789. The monoisotopic (exact) mass is 653 g/mol. The molecular formula is C31H35ClF3N3O5S. The van der Waals surface area contributed by atoms with Crippen LogP contribution in [0.5, 0.6) is 5.75 Å². The fourth-order valence-electron chi connectivity index (χ4n) is 4.47. The van der Waals surface area contributed by atoms with Crippen molar-refractivity contribution in [2.24, 2.45) is 0 Å². The molecule has 0 aromatic heterocycles. The van der Waals surface area contributed by atoms with Crippen LogP contribution in [0.25, 0.3) is 0 Å². The summed E-state index contributed by atoms with van der Waals surface area (Å²) in [6.45, 7) is 6.02. The van der Waals surface area contributed by atoms with Crippen LogP contribution >= 0.6 is 11.6 Å². The van der Waals surface area contributed by atoms with E-state index in [9.17, 15) is 31.2 Å². The molecule has 8 nitrogen and oxygen atoms in total. The molecule has 0 saturated carbocycles. The minimum absolute atomic E-state index is 0.111. The third-order valence-corrected chi connectivity index (χ3v) is 8.64. The Morgan fingerprint density at radius 1 is 0.977 bits per heavy atom. The van der Waals surface area contributed by atoms with Gasteiger partial charge in [-0.25, -0.2) is 8.42 Å². The Bertz CT molecular complexity index is 1580. The van der Waals surface area contributed by atoms with E-state index in [2.05, 4.69) is 5.32 Å². The number of rotatable bonds is 11. The summed E-state index contributed by atoms with van der Waals surface area (Å²) in [6, 6.07) is 15.4. The van der Waals surface area contributed by atoms with E-state index in [-0.39, 0.29) is 17.9 Å². The van der Waals surface area contributed by atoms with Crippen molar-refractivity contribution in [1.29, 1.82) is 0 Å². The maximum Gasteiger partial charge on any atom is 0.417 e. The zero-order valence-electron chi connectivity index (χ0n) is 25.0. The molecule has 3 rings (SSSR count). The van der Waals surface area contributed by atoms with Gasteiger partial charge in [-0.15, -0.1) is 0 Å². The van der Waals surface area contributed by atoms with Gasteiger partial charge in [-0.05, 0) is 75.2 Å². The van der Waals surface area contributed by atoms with E-state index in [4.69, 9.17) is 16.3 Å². The molecule has 0 aliphatic heterocycles. The van der Waals surface area contributed by atoms with Gasteiger partial charge in [0.05, 0.1) is 28.3 Å². The second-order valence-electron chi connectivity index (χ2n) is 11.0. The van der Waals surface area contributed by atoms with Gasteiger partial charge in [-0.2, -0.15) is 13.2 Å². The number of methoxy groups -OCH3 is 1. The molecule has 0 bridgehead atoms. The van der Waals surface area contributed by atoms with Crippen molar-refractivity contribution in [3.63, 3.8) is 0 Å². The predicted molar refractivity (Wildman–Crippen MR) is 163 cm³/mol. The van der Waals surface area contributed by atoms with Crippen LogP contribution in [-0.2, 0) is 32.3 Å². The second-order valence-corrected chi connectivity index (χ2v) is 13.3. The number of nitrogens with zero attached hydrogens (tertiary/aromatic N) is 2. The van der Waals surface area contributed by atoms with E-state index in [1.54, 1.807) is 58.0 Å². The van der Waals surface area contributed by atoms with Crippen molar-refractivity contribution in [2.75, 3.05) is 18.0 Å². The lowest BCUT2D eigenvalue weighted by molar-refractivity contribution is -0.141. The molecule has 3 aromatic rings. The van der Waals surface area contributed by atoms with Crippen LogP contribution in [0.4, 0.5) is 18.9 Å². The molecule has 1 atom stereocenters. The number of sulfonamides is 1. The van der Waals surface area contributed by atoms with Crippen LogP contribution in [0.1, 0.15) is 45.2 Å². The first kappa shape index (κ1) is 34.7. The molecule has 238 valence electrons. The van der Waals surface area contributed by atoms with Gasteiger partial charge < -0.3 is 15.0 Å². The zero-order valence-corrected chi connectivity index (χ0v) is 26.6. The molecule has 0 spiro atoms. The molecular weight excluding hydrogens is 619 g/mol. The Labute approximate surface area is 260 Å². The molecule has 0 fully saturated rings. The van der Waals surface area contributed by atoms with Gasteiger partial charge in [0, 0.05) is 12.1 Å². The number of halogens is 4. The summed E-state index contributed by atoms with van der Waals surface area (Å²) < 4.78 is 75.1. The van der Waals surface area contributed by atoms with Gasteiger partial charge in [0.15, 0.2) is 0 Å². The smallest absolute Gasteiger partial charge is 0.417 e. The summed E-state index contributed by atoms with van der Waals surface area (Å²) >= 11 is 5.82. The van der Waals surface area contributed by atoms with Crippen LogP contribution in [0.3, 0.4) is 0 Å². The van der Waals surface area contributed by atoms with Gasteiger partial charge in [0.25, 0.3) is 10.0 Å². The summed E-state index contributed by atoms with van der Waals surface area (Å²) in [7, 11) is -3.09. The van der Waals surface area contributed by atoms with Gasteiger partial charge >= 0.3 is 6.18 Å². The lowest BCUT2D eigenvalue weighted by atomic mass is 10.1. The summed E-state index contributed by atoms with van der Waals surface area (Å²) in [5, 5.41) is 2.23.